The second-order valence-electron chi connectivity index (χ2n) is 6.58. The molecule has 3 nitrogen and oxygen atoms in total. The van der Waals surface area contributed by atoms with E-state index in [1.54, 1.807) is 0 Å². The first-order valence-electron chi connectivity index (χ1n) is 7.42. The zero-order valence-corrected chi connectivity index (χ0v) is 12.7. The van der Waals surface area contributed by atoms with Crippen LogP contribution in [-0.4, -0.2) is 48.4 Å². The molecule has 106 valence electrons. The van der Waals surface area contributed by atoms with Gasteiger partial charge in [0.15, 0.2) is 0 Å². The number of carbonyl (C=O) groups excluding carboxylic acids is 1. The maximum atomic E-state index is 12.0. The molecule has 1 heterocycles. The normalized spacial score (nSPS) is 18.1. The van der Waals surface area contributed by atoms with Crippen molar-refractivity contribution < 1.29 is 4.79 Å². The molecule has 0 aromatic heterocycles. The van der Waals surface area contributed by atoms with Gasteiger partial charge in [0, 0.05) is 32.6 Å². The minimum absolute atomic E-state index is 0.361. The van der Waals surface area contributed by atoms with Crippen LogP contribution in [0.5, 0.6) is 0 Å². The smallest absolute Gasteiger partial charge is 0.222 e. The van der Waals surface area contributed by atoms with Crippen molar-refractivity contribution in [2.24, 2.45) is 5.41 Å². The van der Waals surface area contributed by atoms with E-state index in [9.17, 15) is 4.79 Å². The van der Waals surface area contributed by atoms with Gasteiger partial charge in [-0.2, -0.15) is 0 Å². The van der Waals surface area contributed by atoms with E-state index in [0.717, 1.165) is 45.6 Å². The summed E-state index contributed by atoms with van der Waals surface area (Å²) >= 11 is 0. The van der Waals surface area contributed by atoms with Crippen molar-refractivity contribution in [1.29, 1.82) is 0 Å². The van der Waals surface area contributed by atoms with Gasteiger partial charge in [-0.15, -0.1) is 0 Å². The Morgan fingerprint density at radius 3 is 2.17 bits per heavy atom. The van der Waals surface area contributed by atoms with Crippen LogP contribution >= 0.6 is 0 Å². The van der Waals surface area contributed by atoms with E-state index < -0.39 is 0 Å². The highest BCUT2D eigenvalue weighted by Crippen LogP contribution is 2.22. The first-order chi connectivity index (χ1) is 8.42. The van der Waals surface area contributed by atoms with Gasteiger partial charge in [-0.3, -0.25) is 4.79 Å². The van der Waals surface area contributed by atoms with Gasteiger partial charge in [-0.05, 0) is 24.8 Å². The van der Waals surface area contributed by atoms with Gasteiger partial charge in [0.2, 0.25) is 5.91 Å². The second-order valence-corrected chi connectivity index (χ2v) is 6.58. The van der Waals surface area contributed by atoms with Crippen LogP contribution in [0.2, 0.25) is 0 Å². The summed E-state index contributed by atoms with van der Waals surface area (Å²) in [4.78, 5) is 16.5. The molecule has 0 spiro atoms. The monoisotopic (exact) mass is 254 g/mol. The molecule has 1 aliphatic heterocycles. The standard InChI is InChI=1S/C15H30N2O/c1-5-16-10-12-17(13-11-16)14(18)8-6-7-9-15(2,3)4/h5-13H2,1-4H3. The summed E-state index contributed by atoms with van der Waals surface area (Å²) in [6.45, 7) is 14.0. The summed E-state index contributed by atoms with van der Waals surface area (Å²) < 4.78 is 0. The first kappa shape index (κ1) is 15.5. The van der Waals surface area contributed by atoms with E-state index in [-0.39, 0.29) is 0 Å². The fourth-order valence-electron chi connectivity index (χ4n) is 2.40. The van der Waals surface area contributed by atoms with Crippen LogP contribution in [0.1, 0.15) is 53.4 Å². The SMILES string of the molecule is CCN1CCN(C(=O)CCCCC(C)(C)C)CC1. The molecule has 0 saturated carbocycles. The highest BCUT2D eigenvalue weighted by Gasteiger charge is 2.19. The fourth-order valence-corrected chi connectivity index (χ4v) is 2.40. The zero-order valence-electron chi connectivity index (χ0n) is 12.7. The quantitative estimate of drug-likeness (QED) is 0.704. The van der Waals surface area contributed by atoms with Crippen molar-refractivity contribution in [2.75, 3.05) is 32.7 Å². The first-order valence-corrected chi connectivity index (χ1v) is 7.42. The highest BCUT2D eigenvalue weighted by molar-refractivity contribution is 5.76. The Labute approximate surface area is 113 Å². The van der Waals surface area contributed by atoms with Crippen molar-refractivity contribution in [1.82, 2.24) is 9.80 Å². The van der Waals surface area contributed by atoms with Gasteiger partial charge >= 0.3 is 0 Å². The molecule has 1 fully saturated rings. The molecule has 0 atom stereocenters. The van der Waals surface area contributed by atoms with E-state index in [0.29, 0.717) is 11.3 Å². The molecule has 0 aromatic rings. The highest BCUT2D eigenvalue weighted by atomic mass is 16.2. The van der Waals surface area contributed by atoms with Gasteiger partial charge in [0.1, 0.15) is 0 Å². The summed E-state index contributed by atoms with van der Waals surface area (Å²) in [6, 6.07) is 0. The molecule has 3 heteroatoms. The Hall–Kier alpha value is -0.570. The number of amides is 1. The lowest BCUT2D eigenvalue weighted by Gasteiger charge is -2.34. The third-order valence-corrected chi connectivity index (χ3v) is 3.74. The van der Waals surface area contributed by atoms with Gasteiger partial charge in [-0.1, -0.05) is 34.1 Å². The molecule has 1 aliphatic rings. The van der Waals surface area contributed by atoms with Crippen LogP contribution in [-0.2, 0) is 4.79 Å². The Bertz CT molecular complexity index is 250. The average molecular weight is 254 g/mol. The second kappa shape index (κ2) is 7.13. The molecule has 0 bridgehead atoms. The van der Waals surface area contributed by atoms with Crippen LogP contribution in [0, 0.1) is 5.41 Å². The molecule has 0 aliphatic carbocycles. The predicted octanol–water partition coefficient (Wildman–Crippen LogP) is 2.76. The molecule has 18 heavy (non-hydrogen) atoms. The molecule has 0 N–H and O–H groups in total. The number of carbonyl (C=O) groups is 1. The molecule has 0 aromatic carbocycles. The summed E-state index contributed by atoms with van der Waals surface area (Å²) in [6.07, 6.45) is 4.17. The van der Waals surface area contributed by atoms with E-state index in [1.165, 1.54) is 12.8 Å². The molecule has 1 rings (SSSR count). The lowest BCUT2D eigenvalue weighted by atomic mass is 9.89. The summed E-state index contributed by atoms with van der Waals surface area (Å²) in [7, 11) is 0. The maximum absolute atomic E-state index is 12.0. The van der Waals surface area contributed by atoms with Crippen LogP contribution in [0.15, 0.2) is 0 Å². The van der Waals surface area contributed by atoms with Gasteiger partial charge in [0.25, 0.3) is 0 Å². The van der Waals surface area contributed by atoms with Crippen molar-refractivity contribution in [3.63, 3.8) is 0 Å². The fraction of sp³-hybridized carbons (Fsp3) is 0.933. The molecular formula is C15H30N2O. The molecule has 1 amide bonds. The largest absolute Gasteiger partial charge is 0.340 e. The summed E-state index contributed by atoms with van der Waals surface area (Å²) in [5.74, 6) is 0.361. The zero-order chi connectivity index (χ0) is 13.6. The van der Waals surface area contributed by atoms with Gasteiger partial charge in [-0.25, -0.2) is 0 Å². The molecule has 0 radical (unpaired) electrons. The van der Waals surface area contributed by atoms with Gasteiger partial charge < -0.3 is 9.80 Å². The Morgan fingerprint density at radius 1 is 1.06 bits per heavy atom. The number of nitrogens with zero attached hydrogens (tertiary/aromatic N) is 2. The number of hydrogen-bond acceptors (Lipinski definition) is 2. The van der Waals surface area contributed by atoms with Crippen molar-refractivity contribution in [3.05, 3.63) is 0 Å². The molecule has 1 saturated heterocycles. The van der Waals surface area contributed by atoms with Crippen molar-refractivity contribution in [2.45, 2.75) is 53.4 Å². The predicted molar refractivity (Wildman–Crippen MR) is 76.6 cm³/mol. The Kier molecular flexibility index (Phi) is 6.13. The lowest BCUT2D eigenvalue weighted by Crippen LogP contribution is -2.48. The van der Waals surface area contributed by atoms with Crippen molar-refractivity contribution in [3.8, 4) is 0 Å². The minimum Gasteiger partial charge on any atom is -0.340 e. The Morgan fingerprint density at radius 2 is 1.67 bits per heavy atom. The van der Waals surface area contributed by atoms with E-state index in [4.69, 9.17) is 0 Å². The van der Waals surface area contributed by atoms with Gasteiger partial charge in [0.05, 0.1) is 0 Å². The number of hydrogen-bond donors (Lipinski definition) is 0. The Balaban J connectivity index is 2.14. The van der Waals surface area contributed by atoms with Crippen LogP contribution in [0.25, 0.3) is 0 Å². The summed E-state index contributed by atoms with van der Waals surface area (Å²) in [5.41, 5.74) is 0.399. The summed E-state index contributed by atoms with van der Waals surface area (Å²) in [5, 5.41) is 0. The number of unbranched alkanes of at least 4 members (excludes halogenated alkanes) is 1. The number of piperazine rings is 1. The molecular weight excluding hydrogens is 224 g/mol. The lowest BCUT2D eigenvalue weighted by molar-refractivity contribution is -0.133. The van der Waals surface area contributed by atoms with Crippen LogP contribution in [0.4, 0.5) is 0 Å². The van der Waals surface area contributed by atoms with E-state index >= 15 is 0 Å². The third kappa shape index (κ3) is 5.85. The molecule has 0 unspecified atom stereocenters. The van der Waals surface area contributed by atoms with Crippen molar-refractivity contribution >= 4 is 5.91 Å². The van der Waals surface area contributed by atoms with Crippen LogP contribution < -0.4 is 0 Å². The number of likely N-dealkylation sites (N-methyl/N-ethyl adjacent to an activating group) is 1. The maximum Gasteiger partial charge on any atom is 0.222 e. The third-order valence-electron chi connectivity index (χ3n) is 3.74. The minimum atomic E-state index is 0.361. The number of rotatable bonds is 5. The van der Waals surface area contributed by atoms with E-state index in [1.807, 2.05) is 4.90 Å². The van der Waals surface area contributed by atoms with E-state index in [2.05, 4.69) is 32.6 Å². The average Bonchev–Trinajstić information content (AvgIpc) is 2.33. The topological polar surface area (TPSA) is 23.6 Å². The van der Waals surface area contributed by atoms with Crippen LogP contribution in [0.3, 0.4) is 0 Å².